The molecule has 150 valence electrons. The van der Waals surface area contributed by atoms with E-state index in [1.54, 1.807) is 12.1 Å². The van der Waals surface area contributed by atoms with Gasteiger partial charge in [0, 0.05) is 26.7 Å². The van der Waals surface area contributed by atoms with Crippen LogP contribution in [0.15, 0.2) is 29.3 Å². The van der Waals surface area contributed by atoms with Gasteiger partial charge in [0.15, 0.2) is 5.96 Å². The maximum absolute atomic E-state index is 13.0. The summed E-state index contributed by atoms with van der Waals surface area (Å²) in [7, 11) is 1.97. The highest BCUT2D eigenvalue weighted by Crippen LogP contribution is 2.05. The Labute approximate surface area is 174 Å². The Morgan fingerprint density at radius 1 is 1.08 bits per heavy atom. The van der Waals surface area contributed by atoms with Gasteiger partial charge >= 0.3 is 0 Å². The van der Waals surface area contributed by atoms with E-state index in [1.165, 1.54) is 12.1 Å². The molecule has 1 aromatic rings. The van der Waals surface area contributed by atoms with Crippen LogP contribution in [0.25, 0.3) is 0 Å². The summed E-state index contributed by atoms with van der Waals surface area (Å²) in [5.41, 5.74) is 1.04. The third kappa shape index (κ3) is 11.6. The highest BCUT2D eigenvalue weighted by Gasteiger charge is 2.06. The third-order valence-corrected chi connectivity index (χ3v) is 3.54. The molecule has 5 nitrogen and oxygen atoms in total. The topological polar surface area (TPSA) is 46.1 Å². The van der Waals surface area contributed by atoms with E-state index in [2.05, 4.69) is 17.2 Å². The summed E-state index contributed by atoms with van der Waals surface area (Å²) in [5.74, 6) is 0.595. The normalized spacial score (nSPS) is 11.2. The number of nitrogens with zero attached hydrogens (tertiary/aromatic N) is 2. The first-order valence-electron chi connectivity index (χ1n) is 9.06. The molecule has 0 spiro atoms. The average molecular weight is 481 g/mol. The lowest BCUT2D eigenvalue weighted by molar-refractivity contribution is 0.0497. The van der Waals surface area contributed by atoms with Gasteiger partial charge in [0.2, 0.25) is 0 Å². The molecule has 1 rings (SSSR count). The van der Waals surface area contributed by atoms with Gasteiger partial charge < -0.3 is 19.7 Å². The van der Waals surface area contributed by atoms with E-state index in [0.717, 1.165) is 37.5 Å². The maximum atomic E-state index is 13.0. The van der Waals surface area contributed by atoms with Gasteiger partial charge in [-0.2, -0.15) is 0 Å². The molecule has 0 fully saturated rings. The summed E-state index contributed by atoms with van der Waals surface area (Å²) >= 11 is 0. The van der Waals surface area contributed by atoms with Crippen molar-refractivity contribution in [3.8, 4) is 0 Å². The maximum Gasteiger partial charge on any atom is 0.194 e. The minimum absolute atomic E-state index is 0. The Morgan fingerprint density at radius 2 is 1.73 bits per heavy atom. The van der Waals surface area contributed by atoms with Crippen LogP contribution in [0.2, 0.25) is 0 Å². The average Bonchev–Trinajstić information content (AvgIpc) is 2.61. The summed E-state index contributed by atoms with van der Waals surface area (Å²) in [6.45, 7) is 8.82. The Hall–Kier alpha value is -0.930. The van der Waals surface area contributed by atoms with Crippen LogP contribution < -0.4 is 5.32 Å². The fraction of sp³-hybridized carbons (Fsp3) is 0.632. The number of benzene rings is 1. The van der Waals surface area contributed by atoms with Crippen LogP contribution in [-0.2, 0) is 16.0 Å². The molecule has 0 aliphatic rings. The van der Waals surface area contributed by atoms with Crippen LogP contribution in [0.4, 0.5) is 4.39 Å². The molecule has 26 heavy (non-hydrogen) atoms. The Bertz CT molecular complexity index is 486. The van der Waals surface area contributed by atoms with Crippen LogP contribution in [-0.4, -0.2) is 57.4 Å². The lowest BCUT2D eigenvalue weighted by Crippen LogP contribution is -2.38. The summed E-state index contributed by atoms with van der Waals surface area (Å²) in [6.07, 6.45) is 2.24. The van der Waals surface area contributed by atoms with E-state index in [9.17, 15) is 4.39 Å². The zero-order valence-electron chi connectivity index (χ0n) is 16.2. The molecule has 0 aromatic heterocycles. The van der Waals surface area contributed by atoms with Gasteiger partial charge in [-0.15, -0.1) is 24.0 Å². The summed E-state index contributed by atoms with van der Waals surface area (Å²) in [4.78, 5) is 6.58. The molecule has 7 heteroatoms. The molecule has 0 atom stereocenters. The predicted molar refractivity (Wildman–Crippen MR) is 116 cm³/mol. The molecule has 0 saturated carbocycles. The number of halogens is 2. The minimum Gasteiger partial charge on any atom is -0.379 e. The van der Waals surface area contributed by atoms with Gasteiger partial charge in [0.05, 0.1) is 26.4 Å². The highest BCUT2D eigenvalue weighted by molar-refractivity contribution is 14.0. The first-order chi connectivity index (χ1) is 12.2. The molecule has 1 N–H and O–H groups in total. The largest absolute Gasteiger partial charge is 0.379 e. The van der Waals surface area contributed by atoms with Crippen LogP contribution in [0.1, 0.15) is 32.3 Å². The lowest BCUT2D eigenvalue weighted by atomic mass is 10.2. The van der Waals surface area contributed by atoms with Crippen LogP contribution >= 0.6 is 24.0 Å². The third-order valence-electron chi connectivity index (χ3n) is 3.54. The number of rotatable bonds is 12. The number of nitrogens with one attached hydrogen (secondary N) is 1. The number of hydrogen-bond donors (Lipinski definition) is 1. The van der Waals surface area contributed by atoms with Crippen LogP contribution in [0, 0.1) is 5.82 Å². The van der Waals surface area contributed by atoms with Crippen molar-refractivity contribution in [1.82, 2.24) is 10.2 Å². The fourth-order valence-corrected chi connectivity index (χ4v) is 2.19. The quantitative estimate of drug-likeness (QED) is 0.214. The van der Waals surface area contributed by atoms with Crippen molar-refractivity contribution >= 4 is 29.9 Å². The van der Waals surface area contributed by atoms with Gasteiger partial charge in [-0.1, -0.05) is 25.5 Å². The van der Waals surface area contributed by atoms with Gasteiger partial charge in [-0.3, -0.25) is 4.99 Å². The second-order valence-electron chi connectivity index (χ2n) is 5.80. The second-order valence-corrected chi connectivity index (χ2v) is 5.80. The molecule has 0 heterocycles. The highest BCUT2D eigenvalue weighted by atomic mass is 127. The summed E-state index contributed by atoms with van der Waals surface area (Å²) in [6, 6.07) is 6.53. The summed E-state index contributed by atoms with van der Waals surface area (Å²) < 4.78 is 24.0. The molecule has 0 radical (unpaired) electrons. The van der Waals surface area contributed by atoms with E-state index in [4.69, 9.17) is 9.47 Å². The first kappa shape index (κ1) is 25.1. The molecular formula is C19H33FIN3O2. The Balaban J connectivity index is 0.00000625. The van der Waals surface area contributed by atoms with Gasteiger partial charge in [0.1, 0.15) is 5.82 Å². The first-order valence-corrected chi connectivity index (χ1v) is 9.06. The van der Waals surface area contributed by atoms with E-state index < -0.39 is 0 Å². The zero-order valence-corrected chi connectivity index (χ0v) is 18.5. The number of unbranched alkanes of at least 4 members (excludes halogenated alkanes) is 1. The van der Waals surface area contributed by atoms with Crippen molar-refractivity contribution in [3.63, 3.8) is 0 Å². The van der Waals surface area contributed by atoms with Crippen molar-refractivity contribution < 1.29 is 13.9 Å². The Kier molecular flexibility index (Phi) is 15.7. The SMILES string of the molecule is CCCCOCCOCCN=C(NCC)N(C)Cc1ccc(F)cc1.I. The summed E-state index contributed by atoms with van der Waals surface area (Å²) in [5, 5.41) is 3.26. The molecule has 0 unspecified atom stereocenters. The second kappa shape index (κ2) is 16.3. The van der Waals surface area contributed by atoms with Crippen molar-refractivity contribution in [3.05, 3.63) is 35.6 Å². The molecule has 0 aliphatic carbocycles. The number of guanidine groups is 1. The smallest absolute Gasteiger partial charge is 0.194 e. The van der Waals surface area contributed by atoms with Gasteiger partial charge in [-0.05, 0) is 31.0 Å². The predicted octanol–water partition coefficient (Wildman–Crippen LogP) is 3.67. The fourth-order valence-electron chi connectivity index (χ4n) is 2.19. The van der Waals surface area contributed by atoms with Crippen LogP contribution in [0.3, 0.4) is 0 Å². The number of ether oxygens (including phenoxy) is 2. The molecular weight excluding hydrogens is 448 g/mol. The molecule has 0 saturated heterocycles. The molecule has 1 aromatic carbocycles. The van der Waals surface area contributed by atoms with Crippen molar-refractivity contribution in [2.45, 2.75) is 33.2 Å². The minimum atomic E-state index is -0.220. The zero-order chi connectivity index (χ0) is 18.3. The van der Waals surface area contributed by atoms with Gasteiger partial charge in [-0.25, -0.2) is 4.39 Å². The monoisotopic (exact) mass is 481 g/mol. The van der Waals surface area contributed by atoms with Gasteiger partial charge in [0.25, 0.3) is 0 Å². The molecule has 0 bridgehead atoms. The molecule has 0 amide bonds. The van der Waals surface area contributed by atoms with E-state index in [1.807, 2.05) is 18.9 Å². The van der Waals surface area contributed by atoms with Crippen molar-refractivity contribution in [2.75, 3.05) is 46.6 Å². The van der Waals surface area contributed by atoms with Crippen molar-refractivity contribution in [1.29, 1.82) is 0 Å². The van der Waals surface area contributed by atoms with Crippen LogP contribution in [0.5, 0.6) is 0 Å². The van der Waals surface area contributed by atoms with E-state index >= 15 is 0 Å². The lowest BCUT2D eigenvalue weighted by Gasteiger charge is -2.22. The van der Waals surface area contributed by atoms with E-state index in [-0.39, 0.29) is 29.8 Å². The Morgan fingerprint density at radius 3 is 2.35 bits per heavy atom. The van der Waals surface area contributed by atoms with E-state index in [0.29, 0.717) is 32.9 Å². The number of aliphatic imine (C=N–C) groups is 1. The molecule has 0 aliphatic heterocycles. The number of hydrogen-bond acceptors (Lipinski definition) is 3. The standard InChI is InChI=1S/C19H32FN3O2.HI/c1-4-6-12-24-14-15-25-13-11-22-19(21-5-2)23(3)16-17-7-9-18(20)10-8-17;/h7-10H,4-6,11-16H2,1-3H3,(H,21,22);1H. The van der Waals surface area contributed by atoms with Crippen molar-refractivity contribution in [2.24, 2.45) is 4.99 Å².